The van der Waals surface area contributed by atoms with Gasteiger partial charge in [0.25, 0.3) is 11.2 Å². The Balaban J connectivity index is 1.83. The molecule has 1 aliphatic rings. The SMILES string of the molecule is CCCCn1c(=O)c2cc(OCC(O)(C(F)(F)F)C(F)(F)F)ccc2c2ccc3c(c21)OCO3. The summed E-state index contributed by atoms with van der Waals surface area (Å²) in [6, 6.07) is 6.91. The number of aromatic nitrogens is 1. The number of hydrogen-bond acceptors (Lipinski definition) is 5. The maximum Gasteiger partial charge on any atom is 0.429 e. The fraction of sp³-hybridized carbons (Fsp3) is 0.409. The lowest BCUT2D eigenvalue weighted by molar-refractivity contribution is -0.373. The zero-order valence-corrected chi connectivity index (χ0v) is 17.7. The highest BCUT2D eigenvalue weighted by Gasteiger charge is 2.71. The lowest BCUT2D eigenvalue weighted by Gasteiger charge is -2.31. The Morgan fingerprint density at radius 3 is 2.32 bits per heavy atom. The van der Waals surface area contributed by atoms with Crippen LogP contribution in [0.15, 0.2) is 35.1 Å². The fourth-order valence-corrected chi connectivity index (χ4v) is 3.76. The van der Waals surface area contributed by atoms with E-state index in [9.17, 15) is 36.2 Å². The number of rotatable bonds is 6. The third-order valence-corrected chi connectivity index (χ3v) is 5.66. The molecule has 0 radical (unpaired) electrons. The van der Waals surface area contributed by atoms with Crippen molar-refractivity contribution in [2.75, 3.05) is 13.4 Å². The van der Waals surface area contributed by atoms with Gasteiger partial charge in [0.1, 0.15) is 12.4 Å². The van der Waals surface area contributed by atoms with Crippen molar-refractivity contribution in [2.45, 2.75) is 44.3 Å². The number of halogens is 6. The second kappa shape index (κ2) is 8.26. The van der Waals surface area contributed by atoms with Crippen molar-refractivity contribution in [1.29, 1.82) is 0 Å². The average molecular weight is 491 g/mol. The summed E-state index contributed by atoms with van der Waals surface area (Å²) >= 11 is 0. The summed E-state index contributed by atoms with van der Waals surface area (Å²) in [6.45, 7) is 0.0750. The van der Waals surface area contributed by atoms with Crippen molar-refractivity contribution in [2.24, 2.45) is 0 Å². The number of pyridine rings is 1. The Labute approximate surface area is 188 Å². The van der Waals surface area contributed by atoms with E-state index in [0.29, 0.717) is 40.8 Å². The van der Waals surface area contributed by atoms with Crippen LogP contribution < -0.4 is 19.8 Å². The highest BCUT2D eigenvalue weighted by molar-refractivity contribution is 6.08. The molecule has 12 heteroatoms. The first kappa shape index (κ1) is 24.0. The Bertz CT molecular complexity index is 1280. The molecule has 0 fully saturated rings. The van der Waals surface area contributed by atoms with Crippen molar-refractivity contribution in [1.82, 2.24) is 4.57 Å². The third kappa shape index (κ3) is 3.79. The van der Waals surface area contributed by atoms with Crippen LogP contribution in [0.2, 0.25) is 0 Å². The minimum absolute atomic E-state index is 0.0252. The minimum atomic E-state index is -6.02. The van der Waals surface area contributed by atoms with Gasteiger partial charge in [-0.1, -0.05) is 13.3 Å². The lowest BCUT2D eigenvalue weighted by atomic mass is 10.0. The summed E-state index contributed by atoms with van der Waals surface area (Å²) < 4.78 is 94.8. The van der Waals surface area contributed by atoms with Gasteiger partial charge < -0.3 is 23.9 Å². The molecule has 3 aromatic rings. The second-order valence-corrected chi connectivity index (χ2v) is 7.86. The van der Waals surface area contributed by atoms with Crippen LogP contribution in [-0.2, 0) is 6.54 Å². The Hall–Kier alpha value is -3.15. The maximum atomic E-state index is 13.3. The molecule has 1 aliphatic heterocycles. The number of ether oxygens (including phenoxy) is 3. The number of fused-ring (bicyclic) bond motifs is 5. The van der Waals surface area contributed by atoms with E-state index in [0.717, 1.165) is 18.6 Å². The monoisotopic (exact) mass is 491 g/mol. The Kier molecular flexibility index (Phi) is 5.83. The largest absolute Gasteiger partial charge is 0.490 e. The van der Waals surface area contributed by atoms with E-state index in [1.165, 1.54) is 10.6 Å². The van der Waals surface area contributed by atoms with Gasteiger partial charge in [-0.3, -0.25) is 4.79 Å². The molecule has 0 spiro atoms. The fourth-order valence-electron chi connectivity index (χ4n) is 3.76. The smallest absolute Gasteiger partial charge is 0.429 e. The Morgan fingerprint density at radius 1 is 1.00 bits per heavy atom. The maximum absolute atomic E-state index is 13.3. The molecule has 1 N–H and O–H groups in total. The first-order valence-corrected chi connectivity index (χ1v) is 10.3. The van der Waals surface area contributed by atoms with E-state index in [4.69, 9.17) is 14.2 Å². The molecule has 4 rings (SSSR count). The molecule has 0 atom stereocenters. The van der Waals surface area contributed by atoms with Gasteiger partial charge in [0.15, 0.2) is 11.5 Å². The topological polar surface area (TPSA) is 69.9 Å². The molecule has 184 valence electrons. The van der Waals surface area contributed by atoms with Gasteiger partial charge in [-0.25, -0.2) is 0 Å². The van der Waals surface area contributed by atoms with Crippen molar-refractivity contribution in [3.05, 3.63) is 40.7 Å². The van der Waals surface area contributed by atoms with Crippen LogP contribution in [0.25, 0.3) is 21.7 Å². The third-order valence-electron chi connectivity index (χ3n) is 5.66. The number of aliphatic hydroxyl groups is 1. The molecule has 0 amide bonds. The average Bonchev–Trinajstić information content (AvgIpc) is 3.24. The number of hydrogen-bond donors (Lipinski definition) is 1. The van der Waals surface area contributed by atoms with Crippen molar-refractivity contribution in [3.63, 3.8) is 0 Å². The minimum Gasteiger partial charge on any atom is -0.490 e. The second-order valence-electron chi connectivity index (χ2n) is 7.86. The van der Waals surface area contributed by atoms with Crippen LogP contribution in [0.3, 0.4) is 0 Å². The molecular formula is C22H19F6NO5. The summed E-state index contributed by atoms with van der Waals surface area (Å²) in [7, 11) is 0. The molecule has 0 saturated heterocycles. The van der Waals surface area contributed by atoms with E-state index in [2.05, 4.69) is 0 Å². The van der Waals surface area contributed by atoms with Crippen LogP contribution in [0.4, 0.5) is 26.3 Å². The van der Waals surface area contributed by atoms with Crippen LogP contribution in [0.1, 0.15) is 19.8 Å². The molecule has 34 heavy (non-hydrogen) atoms. The molecule has 0 aliphatic carbocycles. The molecule has 0 unspecified atom stereocenters. The predicted octanol–water partition coefficient (Wildman–Crippen LogP) is 4.92. The number of aryl methyl sites for hydroxylation is 1. The molecule has 0 saturated carbocycles. The van der Waals surface area contributed by atoms with Crippen LogP contribution in [0.5, 0.6) is 17.2 Å². The Morgan fingerprint density at radius 2 is 1.68 bits per heavy atom. The van der Waals surface area contributed by atoms with Crippen LogP contribution >= 0.6 is 0 Å². The van der Waals surface area contributed by atoms with Crippen LogP contribution in [-0.4, -0.2) is 41.0 Å². The summed E-state index contributed by atoms with van der Waals surface area (Å²) in [5, 5.41) is 10.3. The zero-order valence-electron chi connectivity index (χ0n) is 17.7. The molecule has 2 heterocycles. The molecule has 0 bridgehead atoms. The first-order valence-electron chi connectivity index (χ1n) is 10.3. The molecule has 2 aromatic carbocycles. The van der Waals surface area contributed by atoms with E-state index in [-0.39, 0.29) is 12.2 Å². The number of alkyl halides is 6. The zero-order chi connectivity index (χ0) is 24.9. The summed E-state index contributed by atoms with van der Waals surface area (Å²) in [5.41, 5.74) is -5.11. The van der Waals surface area contributed by atoms with E-state index < -0.39 is 35.9 Å². The van der Waals surface area contributed by atoms with Gasteiger partial charge in [-0.2, -0.15) is 26.3 Å². The summed E-state index contributed by atoms with van der Waals surface area (Å²) in [4.78, 5) is 13.3. The van der Waals surface area contributed by atoms with Gasteiger partial charge in [0.05, 0.1) is 10.9 Å². The summed E-state index contributed by atoms with van der Waals surface area (Å²) in [5.74, 6) is 0.405. The van der Waals surface area contributed by atoms with Gasteiger partial charge in [0, 0.05) is 11.9 Å². The number of nitrogens with zero attached hydrogens (tertiary/aromatic N) is 1. The first-order chi connectivity index (χ1) is 15.9. The van der Waals surface area contributed by atoms with Crippen molar-refractivity contribution < 1.29 is 45.7 Å². The van der Waals surface area contributed by atoms with Crippen LogP contribution in [0, 0.1) is 0 Å². The van der Waals surface area contributed by atoms with Gasteiger partial charge in [-0.15, -0.1) is 0 Å². The molecular weight excluding hydrogens is 472 g/mol. The van der Waals surface area contributed by atoms with Gasteiger partial charge in [-0.05, 0) is 42.1 Å². The molecule has 6 nitrogen and oxygen atoms in total. The highest BCUT2D eigenvalue weighted by atomic mass is 19.4. The van der Waals surface area contributed by atoms with E-state index >= 15 is 0 Å². The van der Waals surface area contributed by atoms with E-state index in [1.54, 1.807) is 12.1 Å². The normalized spacial score (nSPS) is 14.2. The van der Waals surface area contributed by atoms with Gasteiger partial charge >= 0.3 is 12.4 Å². The number of unbranched alkanes of at least 4 members (excludes halogenated alkanes) is 1. The lowest BCUT2D eigenvalue weighted by Crippen LogP contribution is -2.60. The summed E-state index contributed by atoms with van der Waals surface area (Å²) in [6.07, 6.45) is -10.7. The number of benzene rings is 2. The van der Waals surface area contributed by atoms with Gasteiger partial charge in [0.2, 0.25) is 6.79 Å². The quantitative estimate of drug-likeness (QED) is 0.392. The van der Waals surface area contributed by atoms with Crippen molar-refractivity contribution in [3.8, 4) is 17.2 Å². The van der Waals surface area contributed by atoms with E-state index in [1.807, 2.05) is 6.92 Å². The molecule has 1 aromatic heterocycles. The standard InChI is InChI=1S/C22H19F6NO5/c1-2-3-8-29-17-14(6-7-16-18(17)34-11-33-16)13-5-4-12(9-15(13)19(29)30)32-10-20(31,21(23,24)25)22(26,27)28/h4-7,9,31H,2-3,8,10-11H2,1H3. The highest BCUT2D eigenvalue weighted by Crippen LogP contribution is 2.44. The van der Waals surface area contributed by atoms with Crippen molar-refractivity contribution >= 4 is 21.7 Å². The predicted molar refractivity (Wildman–Crippen MR) is 109 cm³/mol.